The molecule has 0 spiro atoms. The summed E-state index contributed by atoms with van der Waals surface area (Å²) in [5.74, 6) is -0.260. The molecule has 0 saturated carbocycles. The number of carbonyl (C=O) groups excluding carboxylic acids is 1. The molecule has 1 aliphatic heterocycles. The van der Waals surface area contributed by atoms with E-state index in [1.54, 1.807) is 18.2 Å². The Morgan fingerprint density at radius 1 is 1.10 bits per heavy atom. The molecule has 1 fully saturated rings. The Labute approximate surface area is 173 Å². The van der Waals surface area contributed by atoms with Gasteiger partial charge in [-0.1, -0.05) is 18.2 Å². The predicted molar refractivity (Wildman–Crippen MR) is 116 cm³/mol. The van der Waals surface area contributed by atoms with Crippen molar-refractivity contribution in [2.24, 2.45) is 0 Å². The summed E-state index contributed by atoms with van der Waals surface area (Å²) in [4.78, 5) is 14.9. The van der Waals surface area contributed by atoms with Gasteiger partial charge in [0.05, 0.1) is 4.90 Å². The normalized spacial score (nSPS) is 14.7. The second-order valence-electron chi connectivity index (χ2n) is 7.31. The summed E-state index contributed by atoms with van der Waals surface area (Å²) in [7, 11) is -3.53. The third kappa shape index (κ3) is 5.16. The molecule has 156 valence electrons. The highest BCUT2D eigenvalue weighted by Gasteiger charge is 2.27. The van der Waals surface area contributed by atoms with Crippen molar-refractivity contribution in [1.29, 1.82) is 0 Å². The largest absolute Gasteiger partial charge is 0.370 e. The summed E-state index contributed by atoms with van der Waals surface area (Å²) in [6.45, 7) is 7.22. The van der Waals surface area contributed by atoms with Crippen molar-refractivity contribution >= 4 is 21.6 Å². The zero-order chi connectivity index (χ0) is 20.9. The average Bonchev–Trinajstić information content (AvgIpc) is 3.27. The highest BCUT2D eigenvalue weighted by molar-refractivity contribution is 7.89. The SMILES string of the molecule is CCN(CCNC(=O)c1cccc(S(=O)(=O)N2CCCC2)c1)c1cccc(C)c1. The highest BCUT2D eigenvalue weighted by atomic mass is 32.2. The van der Waals surface area contributed by atoms with E-state index in [2.05, 4.69) is 42.3 Å². The zero-order valence-electron chi connectivity index (χ0n) is 17.1. The molecule has 0 radical (unpaired) electrons. The average molecular weight is 416 g/mol. The summed E-state index contributed by atoms with van der Waals surface area (Å²) in [5.41, 5.74) is 2.69. The van der Waals surface area contributed by atoms with Crippen LogP contribution in [0.25, 0.3) is 0 Å². The Bertz CT molecular complexity index is 953. The van der Waals surface area contributed by atoms with Gasteiger partial charge in [0.2, 0.25) is 10.0 Å². The Balaban J connectivity index is 1.62. The van der Waals surface area contributed by atoms with E-state index in [0.717, 1.165) is 25.1 Å². The maximum atomic E-state index is 12.7. The van der Waals surface area contributed by atoms with Gasteiger partial charge in [0, 0.05) is 44.0 Å². The van der Waals surface area contributed by atoms with Gasteiger partial charge >= 0.3 is 0 Å². The van der Waals surface area contributed by atoms with Crippen LogP contribution in [0.2, 0.25) is 0 Å². The third-order valence-corrected chi connectivity index (χ3v) is 7.11. The molecule has 0 atom stereocenters. The molecular weight excluding hydrogens is 386 g/mol. The van der Waals surface area contributed by atoms with Gasteiger partial charge < -0.3 is 10.2 Å². The number of rotatable bonds is 8. The molecule has 1 amide bonds. The first-order valence-corrected chi connectivity index (χ1v) is 11.6. The second-order valence-corrected chi connectivity index (χ2v) is 9.25. The van der Waals surface area contributed by atoms with Crippen LogP contribution in [-0.4, -0.2) is 51.4 Å². The third-order valence-electron chi connectivity index (χ3n) is 5.21. The molecule has 0 aromatic heterocycles. The van der Waals surface area contributed by atoms with Gasteiger partial charge in [0.15, 0.2) is 0 Å². The van der Waals surface area contributed by atoms with E-state index in [4.69, 9.17) is 0 Å². The van der Waals surface area contributed by atoms with Crippen LogP contribution in [0.5, 0.6) is 0 Å². The van der Waals surface area contributed by atoms with E-state index >= 15 is 0 Å². The fourth-order valence-corrected chi connectivity index (χ4v) is 5.14. The highest BCUT2D eigenvalue weighted by Crippen LogP contribution is 2.21. The molecule has 1 aliphatic rings. The number of amides is 1. The van der Waals surface area contributed by atoms with Gasteiger partial charge in [-0.25, -0.2) is 8.42 Å². The van der Waals surface area contributed by atoms with Crippen LogP contribution in [0.15, 0.2) is 53.4 Å². The maximum absolute atomic E-state index is 12.7. The second kappa shape index (κ2) is 9.41. The number of carbonyl (C=O) groups is 1. The van der Waals surface area contributed by atoms with Crippen molar-refractivity contribution in [3.63, 3.8) is 0 Å². The van der Waals surface area contributed by atoms with Crippen LogP contribution in [0, 0.1) is 6.92 Å². The molecule has 29 heavy (non-hydrogen) atoms. The molecule has 0 bridgehead atoms. The number of anilines is 1. The van der Waals surface area contributed by atoms with Crippen molar-refractivity contribution in [3.05, 3.63) is 59.7 Å². The van der Waals surface area contributed by atoms with E-state index in [1.807, 2.05) is 6.07 Å². The first-order valence-electron chi connectivity index (χ1n) is 10.1. The van der Waals surface area contributed by atoms with Gasteiger partial charge in [-0.2, -0.15) is 4.31 Å². The summed E-state index contributed by atoms with van der Waals surface area (Å²) in [6, 6.07) is 14.6. The van der Waals surface area contributed by atoms with E-state index in [9.17, 15) is 13.2 Å². The van der Waals surface area contributed by atoms with E-state index in [-0.39, 0.29) is 10.8 Å². The predicted octanol–water partition coefficient (Wildman–Crippen LogP) is 3.04. The number of nitrogens with zero attached hydrogens (tertiary/aromatic N) is 2. The molecule has 0 unspecified atom stereocenters. The molecule has 1 heterocycles. The summed E-state index contributed by atoms with van der Waals surface area (Å²) >= 11 is 0. The zero-order valence-corrected chi connectivity index (χ0v) is 17.9. The summed E-state index contributed by atoms with van der Waals surface area (Å²) in [6.07, 6.45) is 1.77. The monoisotopic (exact) mass is 415 g/mol. The van der Waals surface area contributed by atoms with Gasteiger partial charge in [-0.3, -0.25) is 4.79 Å². The molecular formula is C22H29N3O3S. The minimum absolute atomic E-state index is 0.182. The van der Waals surface area contributed by atoms with Crippen LogP contribution in [0.3, 0.4) is 0 Å². The summed E-state index contributed by atoms with van der Waals surface area (Å²) in [5, 5.41) is 2.91. The number of hydrogen-bond donors (Lipinski definition) is 1. The fraction of sp³-hybridized carbons (Fsp3) is 0.409. The van der Waals surface area contributed by atoms with Crippen molar-refractivity contribution < 1.29 is 13.2 Å². The van der Waals surface area contributed by atoms with Gasteiger partial charge in [-0.05, 0) is 62.6 Å². The van der Waals surface area contributed by atoms with Crippen LogP contribution < -0.4 is 10.2 Å². The molecule has 6 nitrogen and oxygen atoms in total. The number of benzene rings is 2. The molecule has 2 aromatic rings. The number of likely N-dealkylation sites (N-methyl/N-ethyl adjacent to an activating group) is 1. The fourth-order valence-electron chi connectivity index (χ4n) is 3.58. The lowest BCUT2D eigenvalue weighted by molar-refractivity contribution is 0.0954. The Kier molecular flexibility index (Phi) is 6.92. The van der Waals surface area contributed by atoms with Crippen LogP contribution >= 0.6 is 0 Å². The first-order chi connectivity index (χ1) is 13.9. The number of sulfonamides is 1. The van der Waals surface area contributed by atoms with Crippen LogP contribution in [0.1, 0.15) is 35.7 Å². The number of hydrogen-bond acceptors (Lipinski definition) is 4. The Morgan fingerprint density at radius 3 is 2.52 bits per heavy atom. The van der Waals surface area contributed by atoms with Gasteiger partial charge in [0.1, 0.15) is 0 Å². The number of nitrogens with one attached hydrogen (secondary N) is 1. The van der Waals surface area contributed by atoms with Crippen molar-refractivity contribution in [1.82, 2.24) is 9.62 Å². The lowest BCUT2D eigenvalue weighted by Crippen LogP contribution is -2.35. The quantitative estimate of drug-likeness (QED) is 0.720. The van der Waals surface area contributed by atoms with Crippen molar-refractivity contribution in [2.45, 2.75) is 31.6 Å². The lowest BCUT2D eigenvalue weighted by atomic mass is 10.2. The van der Waals surface area contributed by atoms with Gasteiger partial charge in [-0.15, -0.1) is 0 Å². The molecule has 1 saturated heterocycles. The van der Waals surface area contributed by atoms with Crippen LogP contribution in [0.4, 0.5) is 5.69 Å². The van der Waals surface area contributed by atoms with E-state index in [1.165, 1.54) is 15.9 Å². The topological polar surface area (TPSA) is 69.7 Å². The minimum Gasteiger partial charge on any atom is -0.370 e. The summed E-state index contributed by atoms with van der Waals surface area (Å²) < 4.78 is 26.9. The molecule has 7 heteroatoms. The Morgan fingerprint density at radius 2 is 1.83 bits per heavy atom. The maximum Gasteiger partial charge on any atom is 0.251 e. The van der Waals surface area contributed by atoms with Crippen molar-refractivity contribution in [3.8, 4) is 0 Å². The lowest BCUT2D eigenvalue weighted by Gasteiger charge is -2.23. The van der Waals surface area contributed by atoms with Crippen LogP contribution in [-0.2, 0) is 10.0 Å². The minimum atomic E-state index is -3.53. The van der Waals surface area contributed by atoms with E-state index in [0.29, 0.717) is 31.7 Å². The van der Waals surface area contributed by atoms with Gasteiger partial charge in [0.25, 0.3) is 5.91 Å². The molecule has 2 aromatic carbocycles. The standard InChI is InChI=1S/C22H29N3O3S/c1-3-24(20-10-6-8-18(2)16-20)15-12-23-22(26)19-9-7-11-21(17-19)29(27,28)25-13-4-5-14-25/h6-11,16-17H,3-5,12-15H2,1-2H3,(H,23,26). The number of aryl methyl sites for hydroxylation is 1. The first kappa shape index (κ1) is 21.3. The molecule has 0 aliphatic carbocycles. The Hall–Kier alpha value is -2.38. The van der Waals surface area contributed by atoms with E-state index < -0.39 is 10.0 Å². The smallest absolute Gasteiger partial charge is 0.251 e. The molecule has 3 rings (SSSR count). The molecule has 1 N–H and O–H groups in total. The van der Waals surface area contributed by atoms with Crippen molar-refractivity contribution in [2.75, 3.05) is 37.6 Å².